The summed E-state index contributed by atoms with van der Waals surface area (Å²) in [4.78, 5) is 25.4. The van der Waals surface area contributed by atoms with E-state index in [2.05, 4.69) is 29.6 Å². The fourth-order valence-corrected chi connectivity index (χ4v) is 6.44. The SMILES string of the molecule is CCOC(=O)C1([As]C(=O)CNCCCc2ccccc2)Cc2ccccc2C1. The summed E-state index contributed by atoms with van der Waals surface area (Å²) in [5, 5.41) is 3.26. The minimum absolute atomic E-state index is 0.164. The molecule has 3 rings (SSSR count). The van der Waals surface area contributed by atoms with Crippen molar-refractivity contribution in [3.05, 3.63) is 71.3 Å². The molecule has 2 aromatic carbocycles. The molecule has 0 aromatic heterocycles. The van der Waals surface area contributed by atoms with Gasteiger partial charge in [-0.3, -0.25) is 0 Å². The van der Waals surface area contributed by atoms with E-state index in [9.17, 15) is 9.59 Å². The number of ether oxygens (including phenoxy) is 1. The zero-order valence-corrected chi connectivity index (χ0v) is 18.2. The van der Waals surface area contributed by atoms with E-state index in [1.807, 2.05) is 37.3 Å². The molecule has 1 radical (unpaired) electrons. The first-order valence-corrected chi connectivity index (χ1v) is 11.7. The monoisotopic (exact) mass is 440 g/mol. The van der Waals surface area contributed by atoms with Crippen LogP contribution in [0.3, 0.4) is 0 Å². The fraction of sp³-hybridized carbons (Fsp3) is 0.391. The summed E-state index contributed by atoms with van der Waals surface area (Å²) in [6.07, 6.45) is 3.24. The Morgan fingerprint density at radius 3 is 2.32 bits per heavy atom. The minimum atomic E-state index is -0.795. The molecule has 0 fully saturated rings. The second kappa shape index (κ2) is 10.0. The molecule has 1 aliphatic carbocycles. The van der Waals surface area contributed by atoms with Crippen LogP contribution in [-0.2, 0) is 33.6 Å². The van der Waals surface area contributed by atoms with Gasteiger partial charge in [0.15, 0.2) is 0 Å². The van der Waals surface area contributed by atoms with Crippen molar-refractivity contribution >= 4 is 26.3 Å². The summed E-state index contributed by atoms with van der Waals surface area (Å²) >= 11 is -0.795. The van der Waals surface area contributed by atoms with Crippen molar-refractivity contribution < 1.29 is 14.3 Å². The molecule has 0 saturated heterocycles. The molecule has 0 heterocycles. The number of fused-ring (bicyclic) bond motifs is 1. The third-order valence-corrected chi connectivity index (χ3v) is 7.82. The maximum absolute atomic E-state index is 12.7. The fourth-order valence-electron chi connectivity index (χ4n) is 3.67. The van der Waals surface area contributed by atoms with Crippen LogP contribution in [0, 0.1) is 0 Å². The van der Waals surface area contributed by atoms with Crippen LogP contribution in [0.4, 0.5) is 0 Å². The van der Waals surface area contributed by atoms with Crippen LogP contribution in [-0.4, -0.2) is 46.0 Å². The van der Waals surface area contributed by atoms with Gasteiger partial charge in [0.05, 0.1) is 0 Å². The van der Waals surface area contributed by atoms with Crippen molar-refractivity contribution in [2.75, 3.05) is 19.7 Å². The van der Waals surface area contributed by atoms with E-state index in [1.54, 1.807) is 0 Å². The molecule has 2 aromatic rings. The van der Waals surface area contributed by atoms with E-state index < -0.39 is 20.0 Å². The Labute approximate surface area is 173 Å². The van der Waals surface area contributed by atoms with Crippen molar-refractivity contribution in [2.24, 2.45) is 0 Å². The van der Waals surface area contributed by atoms with E-state index in [0.717, 1.165) is 19.4 Å². The molecule has 1 aliphatic rings. The Morgan fingerprint density at radius 1 is 1.04 bits per heavy atom. The van der Waals surface area contributed by atoms with Gasteiger partial charge < -0.3 is 0 Å². The predicted octanol–water partition coefficient (Wildman–Crippen LogP) is 2.96. The van der Waals surface area contributed by atoms with Crippen LogP contribution in [0.2, 0.25) is 4.20 Å². The van der Waals surface area contributed by atoms with Gasteiger partial charge in [-0.1, -0.05) is 0 Å². The van der Waals surface area contributed by atoms with Crippen molar-refractivity contribution in [3.8, 4) is 0 Å². The van der Waals surface area contributed by atoms with Gasteiger partial charge >= 0.3 is 174 Å². The van der Waals surface area contributed by atoms with Gasteiger partial charge in [-0.2, -0.15) is 0 Å². The summed E-state index contributed by atoms with van der Waals surface area (Å²) in [5.74, 6) is -0.205. The molecule has 5 heteroatoms. The Balaban J connectivity index is 1.50. The van der Waals surface area contributed by atoms with Gasteiger partial charge in [0.1, 0.15) is 0 Å². The number of carbonyl (C=O) groups is 2. The number of nitrogens with one attached hydrogen (secondary N) is 1. The Morgan fingerprint density at radius 2 is 1.68 bits per heavy atom. The number of hydrogen-bond acceptors (Lipinski definition) is 4. The van der Waals surface area contributed by atoms with E-state index in [4.69, 9.17) is 4.74 Å². The zero-order valence-electron chi connectivity index (χ0n) is 16.3. The molecule has 0 spiro atoms. The van der Waals surface area contributed by atoms with Gasteiger partial charge in [-0.25, -0.2) is 0 Å². The second-order valence-electron chi connectivity index (χ2n) is 7.15. The molecule has 0 aliphatic heterocycles. The summed E-state index contributed by atoms with van der Waals surface area (Å²) < 4.78 is 4.88. The Bertz CT molecular complexity index is 782. The summed E-state index contributed by atoms with van der Waals surface area (Å²) in [5.41, 5.74) is 3.66. The molecule has 0 amide bonds. The van der Waals surface area contributed by atoms with Crippen LogP contribution in [0.15, 0.2) is 54.6 Å². The molecule has 1 N–H and O–H groups in total. The van der Waals surface area contributed by atoms with Crippen LogP contribution < -0.4 is 5.32 Å². The summed E-state index contributed by atoms with van der Waals surface area (Å²) in [6, 6.07) is 18.5. The first-order chi connectivity index (χ1) is 13.6. The predicted molar refractivity (Wildman–Crippen MR) is 112 cm³/mol. The molecule has 0 atom stereocenters. The molecular weight excluding hydrogens is 413 g/mol. The number of aryl methyl sites for hydroxylation is 1. The van der Waals surface area contributed by atoms with E-state index >= 15 is 0 Å². The number of esters is 1. The van der Waals surface area contributed by atoms with E-state index in [1.165, 1.54) is 16.7 Å². The van der Waals surface area contributed by atoms with Gasteiger partial charge in [0.25, 0.3) is 0 Å². The van der Waals surface area contributed by atoms with E-state index in [0.29, 0.717) is 26.0 Å². The average Bonchev–Trinajstić information content (AvgIpc) is 3.08. The van der Waals surface area contributed by atoms with E-state index in [-0.39, 0.29) is 10.5 Å². The number of carbonyl (C=O) groups excluding carboxylic acids is 2. The third kappa shape index (κ3) is 5.33. The van der Waals surface area contributed by atoms with Crippen molar-refractivity contribution in [1.29, 1.82) is 0 Å². The second-order valence-corrected chi connectivity index (χ2v) is 10.5. The first kappa shape index (κ1) is 20.8. The Hall–Kier alpha value is -1.90. The molecule has 0 saturated carbocycles. The molecule has 4 nitrogen and oxygen atoms in total. The van der Waals surface area contributed by atoms with Crippen molar-refractivity contribution in [3.63, 3.8) is 0 Å². The first-order valence-electron chi connectivity index (χ1n) is 9.87. The number of benzene rings is 2. The average molecular weight is 440 g/mol. The maximum atomic E-state index is 12.7. The van der Waals surface area contributed by atoms with Gasteiger partial charge in [0.2, 0.25) is 0 Å². The molecule has 28 heavy (non-hydrogen) atoms. The molecular formula is C23H27AsNO3. The van der Waals surface area contributed by atoms with Gasteiger partial charge in [0, 0.05) is 0 Å². The molecule has 0 unspecified atom stereocenters. The van der Waals surface area contributed by atoms with Crippen LogP contribution in [0.25, 0.3) is 0 Å². The molecule has 0 bridgehead atoms. The van der Waals surface area contributed by atoms with Crippen molar-refractivity contribution in [1.82, 2.24) is 5.32 Å². The van der Waals surface area contributed by atoms with Crippen LogP contribution in [0.5, 0.6) is 0 Å². The third-order valence-electron chi connectivity index (χ3n) is 5.02. The Kier molecular flexibility index (Phi) is 7.47. The summed E-state index contributed by atoms with van der Waals surface area (Å²) in [7, 11) is 0. The number of hydrogen-bond donors (Lipinski definition) is 1. The van der Waals surface area contributed by atoms with Crippen LogP contribution in [0.1, 0.15) is 30.0 Å². The number of rotatable bonds is 10. The topological polar surface area (TPSA) is 55.4 Å². The standard InChI is InChI=1S/C23H27AsNO3/c1-2-28-22(27)23(15-19-12-6-7-13-20(19)16-23)24-21(26)17-25-14-8-11-18-9-4-3-5-10-18/h3-7,9-10,12-13,25H,2,8,11,14-17H2,1H3. The summed E-state index contributed by atoms with van der Waals surface area (Å²) in [6.45, 7) is 3.31. The normalized spacial score (nSPS) is 14.9. The van der Waals surface area contributed by atoms with Gasteiger partial charge in [-0.15, -0.1) is 0 Å². The van der Waals surface area contributed by atoms with Gasteiger partial charge in [-0.05, 0) is 0 Å². The van der Waals surface area contributed by atoms with Crippen LogP contribution >= 0.6 is 0 Å². The molecule has 147 valence electrons. The quantitative estimate of drug-likeness (QED) is 0.351. The van der Waals surface area contributed by atoms with Crippen molar-refractivity contribution in [2.45, 2.75) is 36.8 Å². The zero-order chi connectivity index (χ0) is 19.8.